The van der Waals surface area contributed by atoms with E-state index in [1.54, 1.807) is 12.1 Å². The van der Waals surface area contributed by atoms with Crippen molar-refractivity contribution in [2.45, 2.75) is 39.3 Å². The molecule has 2 rings (SSSR count). The Balaban J connectivity index is 2.34. The summed E-state index contributed by atoms with van der Waals surface area (Å²) in [5, 5.41) is 5.25. The minimum absolute atomic E-state index is 0.151. The molecule has 26 heavy (non-hydrogen) atoms. The number of amides is 2. The minimum Gasteiger partial charge on any atom is -0.350 e. The maximum Gasteiger partial charge on any atom is 0.243 e. The highest BCUT2D eigenvalue weighted by atomic mass is 19.1. The van der Waals surface area contributed by atoms with Crippen molar-refractivity contribution >= 4 is 11.8 Å². The molecule has 2 aromatic rings. The fourth-order valence-corrected chi connectivity index (χ4v) is 2.89. The molecule has 2 N–H and O–H groups in total. The van der Waals surface area contributed by atoms with Crippen LogP contribution in [-0.4, -0.2) is 17.8 Å². The van der Waals surface area contributed by atoms with Crippen molar-refractivity contribution in [1.82, 2.24) is 10.6 Å². The van der Waals surface area contributed by atoms with Gasteiger partial charge in [-0.05, 0) is 29.2 Å². The Labute approximate surface area is 155 Å². The first-order valence-electron chi connectivity index (χ1n) is 9.10. The van der Waals surface area contributed by atoms with Gasteiger partial charge in [-0.2, -0.15) is 0 Å². The van der Waals surface area contributed by atoms with Gasteiger partial charge in [0.2, 0.25) is 11.8 Å². The van der Waals surface area contributed by atoms with Crippen LogP contribution >= 0.6 is 0 Å². The molecular weight excluding hydrogens is 331 g/mol. The summed E-state index contributed by atoms with van der Waals surface area (Å²) >= 11 is 0. The molecule has 0 heterocycles. The minimum atomic E-state index is -1.92. The van der Waals surface area contributed by atoms with Crippen molar-refractivity contribution in [3.05, 3.63) is 71.5 Å². The molecule has 5 heteroatoms. The van der Waals surface area contributed by atoms with Crippen LogP contribution < -0.4 is 10.6 Å². The van der Waals surface area contributed by atoms with E-state index in [-0.39, 0.29) is 12.5 Å². The first-order chi connectivity index (χ1) is 12.7. The van der Waals surface area contributed by atoms with Gasteiger partial charge in [-0.1, -0.05) is 56.3 Å². The number of hydrogen-bond acceptors (Lipinski definition) is 2. The van der Waals surface area contributed by atoms with Crippen molar-refractivity contribution in [1.29, 1.82) is 0 Å². The zero-order valence-electron chi connectivity index (χ0n) is 16.3. The fourth-order valence-electron chi connectivity index (χ4n) is 2.89. The van der Waals surface area contributed by atoms with Crippen LogP contribution in [0.4, 0.5) is 4.39 Å². The van der Waals surface area contributed by atoms with E-state index in [1.807, 2.05) is 44.2 Å². The highest BCUT2D eigenvalue weighted by Crippen LogP contribution is 2.28. The summed E-state index contributed by atoms with van der Waals surface area (Å²) < 4.78 is 22.2. The van der Waals surface area contributed by atoms with Crippen LogP contribution in [0.15, 0.2) is 54.6 Å². The van der Waals surface area contributed by atoms with Gasteiger partial charge in [0.05, 0.1) is 1.37 Å². The normalized spacial score (nSPS) is 14.9. The summed E-state index contributed by atoms with van der Waals surface area (Å²) in [5.41, 5.74) is 1.50. The second kappa shape index (κ2) is 9.13. The molecule has 0 saturated carbocycles. The van der Waals surface area contributed by atoms with Gasteiger partial charge in [-0.15, -0.1) is 0 Å². The van der Waals surface area contributed by atoms with E-state index in [2.05, 4.69) is 10.6 Å². The van der Waals surface area contributed by atoms with E-state index < -0.39 is 29.6 Å². The Morgan fingerprint density at radius 2 is 1.69 bits per heavy atom. The average Bonchev–Trinajstić information content (AvgIpc) is 2.61. The van der Waals surface area contributed by atoms with Crippen LogP contribution in [0.1, 0.15) is 39.2 Å². The van der Waals surface area contributed by atoms with Crippen LogP contribution in [0.5, 0.6) is 0 Å². The highest BCUT2D eigenvalue weighted by molar-refractivity contribution is 5.87. The van der Waals surface area contributed by atoms with Gasteiger partial charge < -0.3 is 10.6 Å². The van der Waals surface area contributed by atoms with Crippen molar-refractivity contribution < 1.29 is 15.4 Å². The van der Waals surface area contributed by atoms with E-state index >= 15 is 0 Å². The molecule has 138 valence electrons. The molecule has 2 amide bonds. The van der Waals surface area contributed by atoms with Gasteiger partial charge in [-0.25, -0.2) is 4.39 Å². The molecule has 0 aliphatic heterocycles. The molecule has 0 aromatic heterocycles. The Kier molecular flexibility index (Phi) is 6.36. The molecule has 4 nitrogen and oxygen atoms in total. The largest absolute Gasteiger partial charge is 0.350 e. The van der Waals surface area contributed by atoms with E-state index in [0.29, 0.717) is 5.56 Å². The third-order valence-electron chi connectivity index (χ3n) is 4.06. The van der Waals surface area contributed by atoms with E-state index in [4.69, 9.17) is 1.37 Å². The highest BCUT2D eigenvalue weighted by Gasteiger charge is 2.32. The van der Waals surface area contributed by atoms with Crippen LogP contribution in [0, 0.1) is 11.7 Å². The predicted octanol–water partition coefficient (Wildman–Crippen LogP) is 3.39. The van der Waals surface area contributed by atoms with Crippen LogP contribution in [-0.2, 0) is 16.1 Å². The molecular formula is C21H25FN2O2. The number of halogens is 1. The topological polar surface area (TPSA) is 58.2 Å². The number of hydrogen-bond donors (Lipinski definition) is 2. The van der Waals surface area contributed by atoms with Crippen LogP contribution in [0.3, 0.4) is 0 Å². The second-order valence-corrected chi connectivity index (χ2v) is 6.54. The number of carbonyl (C=O) groups excluding carboxylic acids is 2. The van der Waals surface area contributed by atoms with E-state index in [1.165, 1.54) is 19.1 Å². The summed E-state index contributed by atoms with van der Waals surface area (Å²) in [7, 11) is 0. The van der Waals surface area contributed by atoms with Crippen LogP contribution in [0.25, 0.3) is 0 Å². The summed E-state index contributed by atoms with van der Waals surface area (Å²) in [5.74, 6) is -2.29. The SMILES string of the molecule is [2H]C(NC(C)=O)(C(=O)NCc1ccccc1)C(c1ccc(F)cc1)C(C)C. The van der Waals surface area contributed by atoms with Crippen molar-refractivity contribution in [2.24, 2.45) is 5.92 Å². The van der Waals surface area contributed by atoms with E-state index in [9.17, 15) is 14.0 Å². The molecule has 0 fully saturated rings. The van der Waals surface area contributed by atoms with Crippen molar-refractivity contribution in [2.75, 3.05) is 0 Å². The summed E-state index contributed by atoms with van der Waals surface area (Å²) in [6.07, 6.45) is 0. The second-order valence-electron chi connectivity index (χ2n) is 6.54. The molecule has 2 atom stereocenters. The Hall–Kier alpha value is -2.69. The predicted molar refractivity (Wildman–Crippen MR) is 99.9 cm³/mol. The number of carbonyl (C=O) groups is 2. The van der Waals surface area contributed by atoms with Crippen LogP contribution in [0.2, 0.25) is 0 Å². The molecule has 2 unspecified atom stereocenters. The summed E-state index contributed by atoms with van der Waals surface area (Å²) in [6, 6.07) is 13.1. The molecule has 0 bridgehead atoms. The lowest BCUT2D eigenvalue weighted by atomic mass is 9.81. The Morgan fingerprint density at radius 3 is 2.23 bits per heavy atom. The van der Waals surface area contributed by atoms with Gasteiger partial charge in [0, 0.05) is 19.4 Å². The first kappa shape index (κ1) is 18.1. The average molecular weight is 357 g/mol. The maximum atomic E-state index is 13.3. The van der Waals surface area contributed by atoms with Gasteiger partial charge >= 0.3 is 0 Å². The molecule has 0 aliphatic rings. The van der Waals surface area contributed by atoms with Gasteiger partial charge in [0.25, 0.3) is 0 Å². The van der Waals surface area contributed by atoms with Crippen molar-refractivity contribution in [3.63, 3.8) is 0 Å². The lowest BCUT2D eigenvalue weighted by Gasteiger charge is -2.30. The fraction of sp³-hybridized carbons (Fsp3) is 0.333. The first-order valence-corrected chi connectivity index (χ1v) is 8.60. The van der Waals surface area contributed by atoms with Gasteiger partial charge in [0.15, 0.2) is 0 Å². The summed E-state index contributed by atoms with van der Waals surface area (Å²) in [4.78, 5) is 24.8. The molecule has 2 aromatic carbocycles. The molecule has 0 spiro atoms. The Morgan fingerprint density at radius 1 is 1.08 bits per heavy atom. The zero-order valence-corrected chi connectivity index (χ0v) is 15.3. The third-order valence-corrected chi connectivity index (χ3v) is 4.06. The molecule has 0 aliphatic carbocycles. The van der Waals surface area contributed by atoms with Crippen molar-refractivity contribution in [3.8, 4) is 0 Å². The lowest BCUT2D eigenvalue weighted by molar-refractivity contribution is -0.129. The standard InChI is InChI=1S/C21H25FN2O2/c1-14(2)19(17-9-11-18(22)12-10-17)20(24-15(3)25)21(26)23-13-16-7-5-4-6-8-16/h4-12,14,19-20H,13H2,1-3H3,(H,23,26)(H,24,25)/i20D. The van der Waals surface area contributed by atoms with Gasteiger partial charge in [0.1, 0.15) is 11.8 Å². The summed E-state index contributed by atoms with van der Waals surface area (Å²) in [6.45, 7) is 5.25. The maximum absolute atomic E-state index is 13.3. The molecule has 0 saturated heterocycles. The number of rotatable bonds is 7. The number of benzene rings is 2. The van der Waals surface area contributed by atoms with E-state index in [0.717, 1.165) is 5.56 Å². The smallest absolute Gasteiger partial charge is 0.243 e. The third kappa shape index (κ3) is 5.41. The zero-order chi connectivity index (χ0) is 20.0. The monoisotopic (exact) mass is 357 g/mol. The number of nitrogens with one attached hydrogen (secondary N) is 2. The quantitative estimate of drug-likeness (QED) is 0.798. The lowest BCUT2D eigenvalue weighted by Crippen LogP contribution is -2.50. The van der Waals surface area contributed by atoms with Gasteiger partial charge in [-0.3, -0.25) is 9.59 Å². The Bertz CT molecular complexity index is 781. The molecule has 0 radical (unpaired) electrons.